The molecule has 3 atom stereocenters. The number of nitrogens with zero attached hydrogens (tertiary/aromatic N) is 1. The van der Waals surface area contributed by atoms with Crippen LogP contribution in [0.15, 0.2) is 0 Å². The molecular weight excluding hydrogens is 258 g/mol. The maximum atomic E-state index is 10.9. The van der Waals surface area contributed by atoms with Crippen molar-refractivity contribution in [3.05, 3.63) is 0 Å². The molecule has 21 heavy (non-hydrogen) atoms. The Morgan fingerprint density at radius 1 is 1.14 bits per heavy atom. The van der Waals surface area contributed by atoms with Gasteiger partial charge in [0.25, 0.3) is 0 Å². The molecule has 2 rings (SSSR count). The smallest absolute Gasteiger partial charge is 0.0837 e. The highest BCUT2D eigenvalue weighted by Crippen LogP contribution is 2.48. The van der Waals surface area contributed by atoms with Gasteiger partial charge in [-0.2, -0.15) is 5.26 Å². The Labute approximate surface area is 130 Å². The second kappa shape index (κ2) is 6.29. The minimum absolute atomic E-state index is 0.341. The fourth-order valence-corrected chi connectivity index (χ4v) is 4.78. The quantitative estimate of drug-likeness (QED) is 0.784. The van der Waals surface area contributed by atoms with Gasteiger partial charge in [-0.15, -0.1) is 0 Å². The Morgan fingerprint density at radius 3 is 2.24 bits per heavy atom. The third-order valence-electron chi connectivity index (χ3n) is 6.26. The summed E-state index contributed by atoms with van der Waals surface area (Å²) in [6.07, 6.45) is 8.31. The Hall–Kier alpha value is -0.550. The average molecular weight is 291 g/mol. The molecule has 0 aromatic rings. The summed E-state index contributed by atoms with van der Waals surface area (Å²) in [6, 6.07) is 2.54. The molecule has 0 aromatic carbocycles. The van der Waals surface area contributed by atoms with Crippen LogP contribution < -0.4 is 0 Å². The lowest BCUT2D eigenvalue weighted by molar-refractivity contribution is -0.0379. The van der Waals surface area contributed by atoms with Gasteiger partial charge in [-0.3, -0.25) is 0 Å². The summed E-state index contributed by atoms with van der Waals surface area (Å²) < 4.78 is 0. The number of aliphatic hydroxyl groups excluding tert-OH is 1. The monoisotopic (exact) mass is 291 g/mol. The van der Waals surface area contributed by atoms with Gasteiger partial charge in [-0.1, -0.05) is 40.5 Å². The van der Waals surface area contributed by atoms with Crippen LogP contribution in [0.2, 0.25) is 0 Å². The van der Waals surface area contributed by atoms with E-state index in [0.29, 0.717) is 17.3 Å². The summed E-state index contributed by atoms with van der Waals surface area (Å²) in [7, 11) is 0. The van der Waals surface area contributed by atoms with Crippen LogP contribution in [0.1, 0.15) is 79.1 Å². The maximum absolute atomic E-state index is 10.9. The second-order valence-corrected chi connectivity index (χ2v) is 8.89. The minimum atomic E-state index is -0.461. The third kappa shape index (κ3) is 3.62. The van der Waals surface area contributed by atoms with Crippen LogP contribution in [0.5, 0.6) is 0 Å². The van der Waals surface area contributed by atoms with Crippen LogP contribution in [0, 0.1) is 39.9 Å². The van der Waals surface area contributed by atoms with E-state index in [9.17, 15) is 10.4 Å². The highest BCUT2D eigenvalue weighted by molar-refractivity contribution is 5.08. The molecule has 0 heterocycles. The maximum Gasteiger partial charge on any atom is 0.0837 e. The number of nitriles is 1. The molecule has 0 aliphatic heterocycles. The molecule has 0 spiro atoms. The number of hydrogen-bond acceptors (Lipinski definition) is 2. The molecule has 2 heteroatoms. The van der Waals surface area contributed by atoms with Gasteiger partial charge in [0.1, 0.15) is 0 Å². The largest absolute Gasteiger partial charge is 0.391 e. The average Bonchev–Trinajstić information content (AvgIpc) is 2.45. The molecule has 2 aliphatic carbocycles. The number of hydrogen-bond donors (Lipinski definition) is 1. The van der Waals surface area contributed by atoms with E-state index in [1.54, 1.807) is 0 Å². The fourth-order valence-electron chi connectivity index (χ4n) is 4.78. The molecule has 0 radical (unpaired) electrons. The lowest BCUT2D eigenvalue weighted by Crippen LogP contribution is -2.44. The van der Waals surface area contributed by atoms with Crippen molar-refractivity contribution in [1.82, 2.24) is 0 Å². The predicted molar refractivity (Wildman–Crippen MR) is 86.6 cm³/mol. The first-order valence-corrected chi connectivity index (χ1v) is 8.88. The molecule has 2 saturated carbocycles. The van der Waals surface area contributed by atoms with E-state index in [1.807, 2.05) is 0 Å². The van der Waals surface area contributed by atoms with Gasteiger partial charge < -0.3 is 5.11 Å². The topological polar surface area (TPSA) is 44.0 Å². The second-order valence-electron chi connectivity index (χ2n) is 8.89. The first-order valence-electron chi connectivity index (χ1n) is 8.88. The summed E-state index contributed by atoms with van der Waals surface area (Å²) in [4.78, 5) is 0. The van der Waals surface area contributed by atoms with E-state index in [0.717, 1.165) is 38.0 Å². The molecule has 2 aliphatic rings. The van der Waals surface area contributed by atoms with Crippen LogP contribution in [-0.4, -0.2) is 11.2 Å². The summed E-state index contributed by atoms with van der Waals surface area (Å²) in [5, 5.41) is 20.7. The van der Waals surface area contributed by atoms with Crippen molar-refractivity contribution >= 4 is 0 Å². The highest BCUT2D eigenvalue weighted by atomic mass is 16.3. The summed E-state index contributed by atoms with van der Waals surface area (Å²) in [6.45, 7) is 9.21. The number of rotatable bonds is 2. The molecule has 120 valence electrons. The van der Waals surface area contributed by atoms with Crippen molar-refractivity contribution in [3.8, 4) is 6.07 Å². The molecule has 0 amide bonds. The third-order valence-corrected chi connectivity index (χ3v) is 6.26. The van der Waals surface area contributed by atoms with Crippen LogP contribution in [0.25, 0.3) is 0 Å². The zero-order valence-corrected chi connectivity index (χ0v) is 14.4. The standard InChI is InChI=1S/C19H33NO/c1-14-6-5-11-19(12-14,13-20)17(21)15-7-9-16(10-8-15)18(2,3)4/h14-17,21H,5-12H2,1-4H3. The van der Waals surface area contributed by atoms with Crippen molar-refractivity contribution in [1.29, 1.82) is 5.26 Å². The van der Waals surface area contributed by atoms with Crippen LogP contribution in [0.3, 0.4) is 0 Å². The zero-order valence-electron chi connectivity index (χ0n) is 14.4. The Morgan fingerprint density at radius 2 is 1.76 bits per heavy atom. The lowest BCUT2D eigenvalue weighted by atomic mass is 9.61. The molecule has 0 aromatic heterocycles. The highest BCUT2D eigenvalue weighted by Gasteiger charge is 2.46. The number of aliphatic hydroxyl groups is 1. The van der Waals surface area contributed by atoms with E-state index in [4.69, 9.17) is 0 Å². The van der Waals surface area contributed by atoms with Crippen LogP contribution in [-0.2, 0) is 0 Å². The van der Waals surface area contributed by atoms with Gasteiger partial charge >= 0.3 is 0 Å². The molecule has 0 bridgehead atoms. The van der Waals surface area contributed by atoms with E-state index in [1.165, 1.54) is 19.3 Å². The van der Waals surface area contributed by atoms with Gasteiger partial charge in [0, 0.05) is 0 Å². The summed E-state index contributed by atoms with van der Waals surface area (Å²) in [5.74, 6) is 1.69. The fraction of sp³-hybridized carbons (Fsp3) is 0.947. The summed E-state index contributed by atoms with van der Waals surface area (Å²) in [5.41, 5.74) is -0.0842. The van der Waals surface area contributed by atoms with Gasteiger partial charge in [-0.05, 0) is 61.7 Å². The van der Waals surface area contributed by atoms with Gasteiger partial charge in [-0.25, -0.2) is 0 Å². The molecule has 3 unspecified atom stereocenters. The molecule has 0 saturated heterocycles. The van der Waals surface area contributed by atoms with Crippen LogP contribution in [0.4, 0.5) is 0 Å². The zero-order chi connectivity index (χ0) is 15.7. The van der Waals surface area contributed by atoms with Crippen molar-refractivity contribution in [3.63, 3.8) is 0 Å². The van der Waals surface area contributed by atoms with Gasteiger partial charge in [0.05, 0.1) is 17.6 Å². The first-order chi connectivity index (χ1) is 9.78. The SMILES string of the molecule is CC1CCCC(C#N)(C(O)C2CCC(C(C)(C)C)CC2)C1. The normalized spacial score (nSPS) is 39.5. The Kier molecular flexibility index (Phi) is 5.03. The van der Waals surface area contributed by atoms with Crippen LogP contribution >= 0.6 is 0 Å². The summed E-state index contributed by atoms with van der Waals surface area (Å²) >= 11 is 0. The molecular formula is C19H33NO. The van der Waals surface area contributed by atoms with E-state index >= 15 is 0 Å². The predicted octanol–water partition coefficient (Wildman–Crippen LogP) is 4.92. The van der Waals surface area contributed by atoms with Crippen molar-refractivity contribution in [2.75, 3.05) is 0 Å². The molecule has 1 N–H and O–H groups in total. The Bertz CT molecular complexity index is 383. The van der Waals surface area contributed by atoms with Crippen molar-refractivity contribution < 1.29 is 5.11 Å². The lowest BCUT2D eigenvalue weighted by Gasteiger charge is -2.44. The molecule has 2 nitrogen and oxygen atoms in total. The van der Waals surface area contributed by atoms with Gasteiger partial charge in [0.2, 0.25) is 0 Å². The van der Waals surface area contributed by atoms with E-state index in [2.05, 4.69) is 33.8 Å². The van der Waals surface area contributed by atoms with Gasteiger partial charge in [0.15, 0.2) is 0 Å². The van der Waals surface area contributed by atoms with Crippen molar-refractivity contribution in [2.45, 2.75) is 85.2 Å². The van der Waals surface area contributed by atoms with E-state index < -0.39 is 11.5 Å². The molecule has 2 fully saturated rings. The first kappa shape index (κ1) is 16.8. The Balaban J connectivity index is 2.00. The van der Waals surface area contributed by atoms with E-state index in [-0.39, 0.29) is 0 Å². The minimum Gasteiger partial charge on any atom is -0.391 e. The van der Waals surface area contributed by atoms with Crippen molar-refractivity contribution in [2.24, 2.45) is 28.6 Å².